The van der Waals surface area contributed by atoms with Crippen LogP contribution in [0, 0.1) is 0 Å². The number of nitrogens with zero attached hydrogens (tertiary/aromatic N) is 2. The Hall–Kier alpha value is -3.09. The summed E-state index contributed by atoms with van der Waals surface area (Å²) in [5.41, 5.74) is 2.83. The van der Waals surface area contributed by atoms with Gasteiger partial charge in [0.05, 0.1) is 19.4 Å². The summed E-state index contributed by atoms with van der Waals surface area (Å²) in [4.78, 5) is 24.3. The van der Waals surface area contributed by atoms with Crippen LogP contribution >= 0.6 is 0 Å². The lowest BCUT2D eigenvalue weighted by Crippen LogP contribution is -2.30. The minimum absolute atomic E-state index is 0.0508. The molecule has 0 aliphatic rings. The van der Waals surface area contributed by atoms with E-state index in [0.717, 1.165) is 12.0 Å². The number of benzene rings is 1. The van der Waals surface area contributed by atoms with E-state index in [2.05, 4.69) is 10.5 Å². The molecule has 1 aromatic heterocycles. The standard InChI is InChI=1S/C20H25N3O4/c1-4-12-27-17-10-9-15(13-18(17)26-6-3)14-21-22-19(24)16-8-7-11-23(5-2)20(16)25/h7-11,13-14H,4-6,12H2,1-3H3,(H,22,24)/b21-14-. The van der Waals surface area contributed by atoms with Crippen molar-refractivity contribution in [3.05, 3.63) is 58.0 Å². The van der Waals surface area contributed by atoms with Crippen LogP contribution < -0.4 is 20.5 Å². The van der Waals surface area contributed by atoms with Crippen LogP contribution in [0.3, 0.4) is 0 Å². The SMILES string of the molecule is CCCOc1ccc(/C=N\NC(=O)c2cccn(CC)c2=O)cc1OCC. The fraction of sp³-hybridized carbons (Fsp3) is 0.350. The monoisotopic (exact) mass is 371 g/mol. The molecular weight excluding hydrogens is 346 g/mol. The molecule has 0 radical (unpaired) electrons. The first-order chi connectivity index (χ1) is 13.1. The zero-order valence-electron chi connectivity index (χ0n) is 15.9. The van der Waals surface area contributed by atoms with Gasteiger partial charge in [0.15, 0.2) is 11.5 Å². The Morgan fingerprint density at radius 3 is 2.70 bits per heavy atom. The lowest BCUT2D eigenvalue weighted by molar-refractivity contribution is 0.0953. The molecular formula is C20H25N3O4. The second-order valence-corrected chi connectivity index (χ2v) is 5.70. The zero-order chi connectivity index (χ0) is 19.6. The first kappa shape index (κ1) is 20.2. The van der Waals surface area contributed by atoms with Gasteiger partial charge in [0.1, 0.15) is 5.56 Å². The van der Waals surface area contributed by atoms with Crippen LogP contribution in [0.15, 0.2) is 46.4 Å². The summed E-state index contributed by atoms with van der Waals surface area (Å²) in [5.74, 6) is 0.742. The zero-order valence-corrected chi connectivity index (χ0v) is 15.9. The maximum Gasteiger partial charge on any atom is 0.276 e. The summed E-state index contributed by atoms with van der Waals surface area (Å²) in [6.45, 7) is 7.38. The maximum atomic E-state index is 12.2. The largest absolute Gasteiger partial charge is 0.490 e. The van der Waals surface area contributed by atoms with Gasteiger partial charge in [0.25, 0.3) is 11.5 Å². The number of ether oxygens (including phenoxy) is 2. The molecule has 1 heterocycles. The van der Waals surface area contributed by atoms with Crippen molar-refractivity contribution in [3.8, 4) is 11.5 Å². The van der Waals surface area contributed by atoms with Crippen LogP contribution in [0.2, 0.25) is 0 Å². The minimum atomic E-state index is -0.549. The number of nitrogens with one attached hydrogen (secondary N) is 1. The van der Waals surface area contributed by atoms with E-state index in [9.17, 15) is 9.59 Å². The number of carbonyl (C=O) groups excluding carboxylic acids is 1. The molecule has 0 aliphatic heterocycles. The highest BCUT2D eigenvalue weighted by Gasteiger charge is 2.11. The lowest BCUT2D eigenvalue weighted by atomic mass is 10.2. The smallest absolute Gasteiger partial charge is 0.276 e. The topological polar surface area (TPSA) is 81.9 Å². The average Bonchev–Trinajstić information content (AvgIpc) is 2.67. The number of hydrogen-bond acceptors (Lipinski definition) is 5. The number of aryl methyl sites for hydroxylation is 1. The summed E-state index contributed by atoms with van der Waals surface area (Å²) in [7, 11) is 0. The molecule has 1 aromatic carbocycles. The Balaban J connectivity index is 2.10. The Morgan fingerprint density at radius 1 is 1.19 bits per heavy atom. The van der Waals surface area contributed by atoms with Crippen molar-refractivity contribution in [2.75, 3.05) is 13.2 Å². The van der Waals surface area contributed by atoms with E-state index in [1.54, 1.807) is 24.4 Å². The molecule has 0 bridgehead atoms. The Labute approximate surface area is 158 Å². The molecule has 27 heavy (non-hydrogen) atoms. The number of aromatic nitrogens is 1. The van der Waals surface area contributed by atoms with Gasteiger partial charge in [-0.05, 0) is 56.2 Å². The van der Waals surface area contributed by atoms with Crippen LogP contribution in [0.1, 0.15) is 43.1 Å². The molecule has 0 fully saturated rings. The molecule has 7 heteroatoms. The molecule has 1 N–H and O–H groups in total. The molecule has 1 amide bonds. The number of hydrogen-bond donors (Lipinski definition) is 1. The van der Waals surface area contributed by atoms with Gasteiger partial charge < -0.3 is 14.0 Å². The highest BCUT2D eigenvalue weighted by molar-refractivity contribution is 5.94. The van der Waals surface area contributed by atoms with E-state index >= 15 is 0 Å². The summed E-state index contributed by atoms with van der Waals surface area (Å²) < 4.78 is 12.7. The number of pyridine rings is 1. The predicted octanol–water partition coefficient (Wildman–Crippen LogP) is 2.82. The quantitative estimate of drug-likeness (QED) is 0.543. The summed E-state index contributed by atoms with van der Waals surface area (Å²) in [5, 5.41) is 3.94. The second kappa shape index (κ2) is 10.2. The van der Waals surface area contributed by atoms with Gasteiger partial charge in [-0.25, -0.2) is 5.43 Å². The fourth-order valence-corrected chi connectivity index (χ4v) is 2.39. The van der Waals surface area contributed by atoms with Gasteiger partial charge in [-0.3, -0.25) is 9.59 Å². The van der Waals surface area contributed by atoms with Crippen molar-refractivity contribution >= 4 is 12.1 Å². The van der Waals surface area contributed by atoms with Crippen molar-refractivity contribution in [2.24, 2.45) is 5.10 Å². The summed E-state index contributed by atoms with van der Waals surface area (Å²) in [6.07, 6.45) is 4.03. The number of rotatable bonds is 9. The van der Waals surface area contributed by atoms with Crippen LogP contribution in [-0.2, 0) is 6.54 Å². The van der Waals surface area contributed by atoms with Crippen LogP contribution in [0.4, 0.5) is 0 Å². The van der Waals surface area contributed by atoms with Crippen molar-refractivity contribution in [1.82, 2.24) is 9.99 Å². The van der Waals surface area contributed by atoms with Crippen molar-refractivity contribution in [1.29, 1.82) is 0 Å². The van der Waals surface area contributed by atoms with E-state index in [-0.39, 0.29) is 11.1 Å². The highest BCUT2D eigenvalue weighted by atomic mass is 16.5. The summed E-state index contributed by atoms with van der Waals surface area (Å²) >= 11 is 0. The van der Waals surface area contributed by atoms with Crippen molar-refractivity contribution in [2.45, 2.75) is 33.7 Å². The van der Waals surface area contributed by atoms with Gasteiger partial charge in [0, 0.05) is 12.7 Å². The van der Waals surface area contributed by atoms with E-state index in [0.29, 0.717) is 31.3 Å². The van der Waals surface area contributed by atoms with Crippen molar-refractivity contribution in [3.63, 3.8) is 0 Å². The normalized spacial score (nSPS) is 10.8. The molecule has 0 atom stereocenters. The van der Waals surface area contributed by atoms with Crippen LogP contribution in [-0.4, -0.2) is 29.9 Å². The van der Waals surface area contributed by atoms with E-state index in [1.165, 1.54) is 16.8 Å². The van der Waals surface area contributed by atoms with Gasteiger partial charge in [-0.2, -0.15) is 5.10 Å². The molecule has 0 aliphatic carbocycles. The third-order valence-corrected chi connectivity index (χ3v) is 3.71. The lowest BCUT2D eigenvalue weighted by Gasteiger charge is -2.11. The molecule has 0 spiro atoms. The van der Waals surface area contributed by atoms with Gasteiger partial charge in [-0.15, -0.1) is 0 Å². The highest BCUT2D eigenvalue weighted by Crippen LogP contribution is 2.28. The van der Waals surface area contributed by atoms with Crippen LogP contribution in [0.5, 0.6) is 11.5 Å². The first-order valence-electron chi connectivity index (χ1n) is 9.03. The van der Waals surface area contributed by atoms with E-state index in [1.807, 2.05) is 26.8 Å². The molecule has 144 valence electrons. The first-order valence-corrected chi connectivity index (χ1v) is 9.03. The molecule has 2 rings (SSSR count). The van der Waals surface area contributed by atoms with E-state index in [4.69, 9.17) is 9.47 Å². The Morgan fingerprint density at radius 2 is 2.00 bits per heavy atom. The Kier molecular flexibility index (Phi) is 7.61. The second-order valence-electron chi connectivity index (χ2n) is 5.70. The molecule has 0 saturated carbocycles. The summed E-state index contributed by atoms with van der Waals surface area (Å²) in [6, 6.07) is 8.55. The molecule has 2 aromatic rings. The third-order valence-electron chi connectivity index (χ3n) is 3.71. The molecule has 0 saturated heterocycles. The third kappa shape index (κ3) is 5.44. The number of carbonyl (C=O) groups is 1. The number of amides is 1. The van der Waals surface area contributed by atoms with Crippen molar-refractivity contribution < 1.29 is 14.3 Å². The Bertz CT molecular complexity index is 859. The molecule has 7 nitrogen and oxygen atoms in total. The fourth-order valence-electron chi connectivity index (χ4n) is 2.39. The van der Waals surface area contributed by atoms with E-state index < -0.39 is 5.91 Å². The molecule has 0 unspecified atom stereocenters. The van der Waals surface area contributed by atoms with Gasteiger partial charge in [-0.1, -0.05) is 6.92 Å². The van der Waals surface area contributed by atoms with Crippen LogP contribution in [0.25, 0.3) is 0 Å². The maximum absolute atomic E-state index is 12.2. The predicted molar refractivity (Wildman–Crippen MR) is 105 cm³/mol. The van der Waals surface area contributed by atoms with Gasteiger partial charge in [0.2, 0.25) is 0 Å². The number of hydrazone groups is 1. The van der Waals surface area contributed by atoms with Gasteiger partial charge >= 0.3 is 0 Å². The minimum Gasteiger partial charge on any atom is -0.490 e. The average molecular weight is 371 g/mol.